The predicted molar refractivity (Wildman–Crippen MR) is 73.2 cm³/mol. The zero-order valence-corrected chi connectivity index (χ0v) is 11.6. The molecule has 0 spiro atoms. The standard InChI is InChI=1S/C15H20F2N2O/c1-2-14(12-8-10(16)5-6-13(12)17)19-15(20)9-11-4-3-7-18-11/h5-6,8,11,14,18H,2-4,7,9H2,1H3,(H,19,20). The van der Waals surface area contributed by atoms with Gasteiger partial charge >= 0.3 is 0 Å². The fourth-order valence-corrected chi connectivity index (χ4v) is 2.59. The zero-order chi connectivity index (χ0) is 14.5. The van der Waals surface area contributed by atoms with E-state index < -0.39 is 17.7 Å². The number of amides is 1. The molecule has 5 heteroatoms. The topological polar surface area (TPSA) is 41.1 Å². The smallest absolute Gasteiger partial charge is 0.222 e. The molecule has 0 aliphatic carbocycles. The largest absolute Gasteiger partial charge is 0.349 e. The lowest BCUT2D eigenvalue weighted by Crippen LogP contribution is -2.34. The van der Waals surface area contributed by atoms with Crippen LogP contribution in [0.3, 0.4) is 0 Å². The van der Waals surface area contributed by atoms with Gasteiger partial charge in [0.1, 0.15) is 11.6 Å². The molecule has 20 heavy (non-hydrogen) atoms. The van der Waals surface area contributed by atoms with Crippen LogP contribution in [-0.4, -0.2) is 18.5 Å². The van der Waals surface area contributed by atoms with Crippen molar-refractivity contribution >= 4 is 5.91 Å². The van der Waals surface area contributed by atoms with Crippen LogP contribution in [0, 0.1) is 11.6 Å². The van der Waals surface area contributed by atoms with Gasteiger partial charge in [-0.15, -0.1) is 0 Å². The van der Waals surface area contributed by atoms with E-state index in [-0.39, 0.29) is 17.5 Å². The Hall–Kier alpha value is -1.49. The number of carbonyl (C=O) groups excluding carboxylic acids is 1. The second-order valence-corrected chi connectivity index (χ2v) is 5.19. The van der Waals surface area contributed by atoms with Crippen molar-refractivity contribution in [3.05, 3.63) is 35.4 Å². The minimum Gasteiger partial charge on any atom is -0.349 e. The number of nitrogens with one attached hydrogen (secondary N) is 2. The fraction of sp³-hybridized carbons (Fsp3) is 0.533. The van der Waals surface area contributed by atoms with Crippen LogP contribution in [0.4, 0.5) is 8.78 Å². The highest BCUT2D eigenvalue weighted by Gasteiger charge is 2.21. The first-order chi connectivity index (χ1) is 9.60. The van der Waals surface area contributed by atoms with Crippen molar-refractivity contribution in [1.82, 2.24) is 10.6 Å². The van der Waals surface area contributed by atoms with Crippen LogP contribution in [0.2, 0.25) is 0 Å². The van der Waals surface area contributed by atoms with Crippen molar-refractivity contribution in [2.45, 2.75) is 44.7 Å². The molecule has 1 aliphatic heterocycles. The SMILES string of the molecule is CCC(NC(=O)CC1CCCN1)c1cc(F)ccc1F. The second-order valence-electron chi connectivity index (χ2n) is 5.19. The van der Waals surface area contributed by atoms with E-state index in [0.717, 1.165) is 37.6 Å². The van der Waals surface area contributed by atoms with E-state index in [4.69, 9.17) is 0 Å². The van der Waals surface area contributed by atoms with Gasteiger partial charge in [0.25, 0.3) is 0 Å². The van der Waals surface area contributed by atoms with Crippen LogP contribution in [0.1, 0.15) is 44.2 Å². The Morgan fingerprint density at radius 2 is 2.30 bits per heavy atom. The Morgan fingerprint density at radius 1 is 1.50 bits per heavy atom. The molecule has 110 valence electrons. The van der Waals surface area contributed by atoms with Crippen molar-refractivity contribution in [2.24, 2.45) is 0 Å². The van der Waals surface area contributed by atoms with Crippen LogP contribution in [0.5, 0.6) is 0 Å². The number of hydrogen-bond acceptors (Lipinski definition) is 2. The molecule has 1 aromatic carbocycles. The maximum atomic E-state index is 13.7. The van der Waals surface area contributed by atoms with E-state index in [1.807, 2.05) is 6.92 Å². The van der Waals surface area contributed by atoms with Gasteiger partial charge in [0, 0.05) is 18.0 Å². The molecule has 0 aromatic heterocycles. The molecule has 1 saturated heterocycles. The predicted octanol–water partition coefficient (Wildman–Crippen LogP) is 2.67. The van der Waals surface area contributed by atoms with Crippen LogP contribution in [0.25, 0.3) is 0 Å². The van der Waals surface area contributed by atoms with E-state index >= 15 is 0 Å². The molecule has 1 amide bonds. The summed E-state index contributed by atoms with van der Waals surface area (Å²) in [4.78, 5) is 12.0. The summed E-state index contributed by atoms with van der Waals surface area (Å²) in [7, 11) is 0. The Morgan fingerprint density at radius 3 is 2.95 bits per heavy atom. The number of rotatable bonds is 5. The van der Waals surface area contributed by atoms with Crippen molar-refractivity contribution < 1.29 is 13.6 Å². The quantitative estimate of drug-likeness (QED) is 0.871. The maximum absolute atomic E-state index is 13.7. The van der Waals surface area contributed by atoms with E-state index in [2.05, 4.69) is 10.6 Å². The Bertz CT molecular complexity index is 473. The Balaban J connectivity index is 2.00. The molecule has 2 atom stereocenters. The van der Waals surface area contributed by atoms with Crippen molar-refractivity contribution in [3.63, 3.8) is 0 Å². The maximum Gasteiger partial charge on any atom is 0.222 e. The van der Waals surface area contributed by atoms with Gasteiger partial charge in [-0.2, -0.15) is 0 Å². The minimum absolute atomic E-state index is 0.125. The molecule has 0 bridgehead atoms. The molecular weight excluding hydrogens is 262 g/mol. The average molecular weight is 282 g/mol. The molecule has 1 fully saturated rings. The summed E-state index contributed by atoms with van der Waals surface area (Å²) >= 11 is 0. The van der Waals surface area contributed by atoms with Gasteiger partial charge in [0.2, 0.25) is 5.91 Å². The van der Waals surface area contributed by atoms with Gasteiger partial charge < -0.3 is 10.6 Å². The summed E-state index contributed by atoms with van der Waals surface area (Å²) in [6.45, 7) is 2.77. The summed E-state index contributed by atoms with van der Waals surface area (Å²) in [5.74, 6) is -1.11. The Labute approximate surface area is 117 Å². The molecule has 2 unspecified atom stereocenters. The van der Waals surface area contributed by atoms with Gasteiger partial charge in [-0.3, -0.25) is 4.79 Å². The highest BCUT2D eigenvalue weighted by atomic mass is 19.1. The molecular formula is C15H20F2N2O. The van der Waals surface area contributed by atoms with Crippen LogP contribution < -0.4 is 10.6 Å². The lowest BCUT2D eigenvalue weighted by molar-refractivity contribution is -0.122. The summed E-state index contributed by atoms with van der Waals surface area (Å²) in [5, 5.41) is 6.04. The Kier molecular flexibility index (Phi) is 5.06. The molecule has 2 N–H and O–H groups in total. The van der Waals surface area contributed by atoms with E-state index in [1.54, 1.807) is 0 Å². The highest BCUT2D eigenvalue weighted by Crippen LogP contribution is 2.21. The third-order valence-corrected chi connectivity index (χ3v) is 3.67. The molecule has 2 rings (SSSR count). The van der Waals surface area contributed by atoms with Gasteiger partial charge in [0.05, 0.1) is 6.04 Å². The molecule has 1 aliphatic rings. The van der Waals surface area contributed by atoms with Gasteiger partial charge in [-0.05, 0) is 44.0 Å². The van der Waals surface area contributed by atoms with Crippen molar-refractivity contribution in [3.8, 4) is 0 Å². The lowest BCUT2D eigenvalue weighted by Gasteiger charge is -2.19. The third-order valence-electron chi connectivity index (χ3n) is 3.67. The molecule has 1 heterocycles. The normalized spacial score (nSPS) is 19.9. The molecule has 0 radical (unpaired) electrons. The molecule has 0 saturated carbocycles. The number of hydrogen-bond donors (Lipinski definition) is 2. The van der Waals surface area contributed by atoms with Crippen LogP contribution >= 0.6 is 0 Å². The zero-order valence-electron chi connectivity index (χ0n) is 11.6. The summed E-state index contributed by atoms with van der Waals surface area (Å²) in [5.41, 5.74) is 0.209. The van der Waals surface area contributed by atoms with E-state index in [0.29, 0.717) is 12.8 Å². The second kappa shape index (κ2) is 6.79. The number of halogens is 2. The summed E-state index contributed by atoms with van der Waals surface area (Å²) < 4.78 is 27.0. The highest BCUT2D eigenvalue weighted by molar-refractivity contribution is 5.77. The molecule has 1 aromatic rings. The fourth-order valence-electron chi connectivity index (χ4n) is 2.59. The van der Waals surface area contributed by atoms with Crippen molar-refractivity contribution in [1.29, 1.82) is 0 Å². The van der Waals surface area contributed by atoms with Crippen LogP contribution in [-0.2, 0) is 4.79 Å². The monoisotopic (exact) mass is 282 g/mol. The third kappa shape index (κ3) is 3.76. The van der Waals surface area contributed by atoms with E-state index in [1.165, 1.54) is 0 Å². The van der Waals surface area contributed by atoms with Gasteiger partial charge in [-0.1, -0.05) is 6.92 Å². The van der Waals surface area contributed by atoms with Gasteiger partial charge in [0.15, 0.2) is 0 Å². The molecule has 3 nitrogen and oxygen atoms in total. The first kappa shape index (κ1) is 14.9. The summed E-state index contributed by atoms with van der Waals surface area (Å²) in [6, 6.07) is 3.04. The lowest BCUT2D eigenvalue weighted by atomic mass is 10.0. The minimum atomic E-state index is -0.494. The first-order valence-corrected chi connectivity index (χ1v) is 7.08. The van der Waals surface area contributed by atoms with Gasteiger partial charge in [-0.25, -0.2) is 8.78 Å². The van der Waals surface area contributed by atoms with Crippen molar-refractivity contribution in [2.75, 3.05) is 6.54 Å². The van der Waals surface area contributed by atoms with E-state index in [9.17, 15) is 13.6 Å². The van der Waals surface area contributed by atoms with Crippen LogP contribution in [0.15, 0.2) is 18.2 Å². The summed E-state index contributed by atoms with van der Waals surface area (Å²) in [6.07, 6.45) is 2.96. The first-order valence-electron chi connectivity index (χ1n) is 7.08. The number of carbonyl (C=O) groups is 1. The average Bonchev–Trinajstić information content (AvgIpc) is 2.92. The number of benzene rings is 1.